The quantitative estimate of drug-likeness (QED) is 0.796. The van der Waals surface area contributed by atoms with Gasteiger partial charge in [0.2, 0.25) is 11.8 Å². The lowest BCUT2D eigenvalue weighted by Crippen LogP contribution is -2.37. The Morgan fingerprint density at radius 2 is 1.88 bits per heavy atom. The first-order valence-corrected chi connectivity index (χ1v) is 7.92. The average Bonchev–Trinajstić information content (AvgIpc) is 2.63. The summed E-state index contributed by atoms with van der Waals surface area (Å²) in [7, 11) is 1.58. The van der Waals surface area contributed by atoms with Crippen molar-refractivity contribution in [3.8, 4) is 5.88 Å². The number of hydrogen-bond donors (Lipinski definition) is 0. The van der Waals surface area contributed by atoms with E-state index in [0.29, 0.717) is 56.0 Å². The lowest BCUT2D eigenvalue weighted by molar-refractivity contribution is 0.121. The molecule has 1 aromatic carbocycles. The van der Waals surface area contributed by atoms with Crippen LogP contribution in [0.25, 0.3) is 0 Å². The van der Waals surface area contributed by atoms with Crippen molar-refractivity contribution in [1.82, 2.24) is 9.97 Å². The van der Waals surface area contributed by atoms with Crippen molar-refractivity contribution in [2.45, 2.75) is 13.2 Å². The van der Waals surface area contributed by atoms with Crippen molar-refractivity contribution in [3.63, 3.8) is 0 Å². The van der Waals surface area contributed by atoms with Gasteiger partial charge in [0.25, 0.3) is 0 Å². The van der Waals surface area contributed by atoms with E-state index in [9.17, 15) is 8.78 Å². The summed E-state index contributed by atoms with van der Waals surface area (Å²) in [5, 5.41) is 0. The van der Waals surface area contributed by atoms with Crippen LogP contribution in [0.3, 0.4) is 0 Å². The molecule has 0 bridgehead atoms. The molecule has 8 heteroatoms. The zero-order valence-electron chi connectivity index (χ0n) is 13.9. The van der Waals surface area contributed by atoms with Gasteiger partial charge < -0.3 is 19.1 Å². The fourth-order valence-electron chi connectivity index (χ4n) is 2.45. The maximum atomic E-state index is 13.3. The molecule has 0 amide bonds. The highest BCUT2D eigenvalue weighted by atomic mass is 19.2. The lowest BCUT2D eigenvalue weighted by atomic mass is 10.2. The Balaban J connectivity index is 1.76. The molecule has 0 radical (unpaired) electrons. The van der Waals surface area contributed by atoms with E-state index in [-0.39, 0.29) is 6.61 Å². The van der Waals surface area contributed by atoms with Gasteiger partial charge in [-0.2, -0.15) is 4.98 Å². The molecule has 3 rings (SSSR count). The molecule has 1 aliphatic heterocycles. The molecule has 0 N–H and O–H groups in total. The van der Waals surface area contributed by atoms with E-state index >= 15 is 0 Å². The van der Waals surface area contributed by atoms with Gasteiger partial charge in [-0.15, -0.1) is 0 Å². The van der Waals surface area contributed by atoms with Crippen LogP contribution in [0.2, 0.25) is 0 Å². The second-order valence-electron chi connectivity index (χ2n) is 5.57. The van der Waals surface area contributed by atoms with E-state index in [1.54, 1.807) is 13.2 Å². The summed E-state index contributed by atoms with van der Waals surface area (Å²) in [5.41, 5.74) is 1.19. The van der Waals surface area contributed by atoms with Gasteiger partial charge in [-0.3, -0.25) is 0 Å². The van der Waals surface area contributed by atoms with Crippen molar-refractivity contribution in [1.29, 1.82) is 0 Å². The average molecular weight is 351 g/mol. The van der Waals surface area contributed by atoms with E-state index in [4.69, 9.17) is 14.2 Å². The fourth-order valence-corrected chi connectivity index (χ4v) is 2.45. The summed E-state index contributed by atoms with van der Waals surface area (Å²) < 4.78 is 42.4. The summed E-state index contributed by atoms with van der Waals surface area (Å²) in [6.07, 6.45) is 0. The highest BCUT2D eigenvalue weighted by Crippen LogP contribution is 2.19. The number of benzene rings is 1. The second-order valence-corrected chi connectivity index (χ2v) is 5.57. The predicted molar refractivity (Wildman–Crippen MR) is 86.5 cm³/mol. The number of methoxy groups -OCH3 is 1. The van der Waals surface area contributed by atoms with Gasteiger partial charge in [-0.1, -0.05) is 6.07 Å². The van der Waals surface area contributed by atoms with Crippen LogP contribution in [0.5, 0.6) is 5.88 Å². The van der Waals surface area contributed by atoms with Crippen molar-refractivity contribution in [2.24, 2.45) is 0 Å². The molecule has 0 atom stereocenters. The molecule has 6 nitrogen and oxygen atoms in total. The molecule has 0 spiro atoms. The number of halogens is 2. The predicted octanol–water partition coefficient (Wildman–Crippen LogP) is 2.32. The van der Waals surface area contributed by atoms with Crippen LogP contribution in [0, 0.1) is 11.6 Å². The Kier molecular flexibility index (Phi) is 5.72. The number of anilines is 1. The summed E-state index contributed by atoms with van der Waals surface area (Å²) in [6, 6.07) is 5.32. The number of hydrogen-bond acceptors (Lipinski definition) is 6. The maximum Gasteiger partial charge on any atom is 0.229 e. The molecule has 0 unspecified atom stereocenters. The summed E-state index contributed by atoms with van der Waals surface area (Å²) in [5.74, 6) is -0.896. The second kappa shape index (κ2) is 8.17. The highest BCUT2D eigenvalue weighted by molar-refractivity contribution is 5.35. The molecular weight excluding hydrogens is 332 g/mol. The molecule has 0 saturated carbocycles. The topological polar surface area (TPSA) is 56.7 Å². The Bertz CT molecular complexity index is 724. The number of ether oxygens (including phenoxy) is 3. The van der Waals surface area contributed by atoms with Crippen molar-refractivity contribution in [2.75, 3.05) is 38.3 Å². The Hall–Kier alpha value is -2.32. The minimum Gasteiger partial charge on any atom is -0.473 e. The van der Waals surface area contributed by atoms with E-state index < -0.39 is 11.6 Å². The largest absolute Gasteiger partial charge is 0.473 e. The van der Waals surface area contributed by atoms with Crippen LogP contribution in [0.1, 0.15) is 11.3 Å². The molecule has 2 aromatic rings. The fraction of sp³-hybridized carbons (Fsp3) is 0.412. The van der Waals surface area contributed by atoms with Gasteiger partial charge in [0, 0.05) is 26.3 Å². The first kappa shape index (κ1) is 17.5. The molecule has 134 valence electrons. The van der Waals surface area contributed by atoms with Crippen LogP contribution >= 0.6 is 0 Å². The van der Waals surface area contributed by atoms with Crippen LogP contribution in [-0.2, 0) is 22.7 Å². The van der Waals surface area contributed by atoms with Crippen molar-refractivity contribution in [3.05, 3.63) is 47.2 Å². The standard InChI is InChI=1S/C17H19F2N3O3/c1-23-11-13-9-16(21-17(20-13)22-4-6-24-7-5-22)25-10-12-2-3-14(18)15(19)8-12/h2-3,8-9H,4-7,10-11H2,1H3. The normalized spacial score (nSPS) is 14.6. The van der Waals surface area contributed by atoms with E-state index in [1.165, 1.54) is 6.07 Å². The van der Waals surface area contributed by atoms with Gasteiger partial charge in [-0.25, -0.2) is 13.8 Å². The summed E-state index contributed by atoms with van der Waals surface area (Å²) in [4.78, 5) is 10.9. The number of nitrogens with zero attached hydrogens (tertiary/aromatic N) is 3. The lowest BCUT2D eigenvalue weighted by Gasteiger charge is -2.27. The zero-order valence-corrected chi connectivity index (χ0v) is 13.9. The highest BCUT2D eigenvalue weighted by Gasteiger charge is 2.16. The number of rotatable bonds is 6. The zero-order chi connectivity index (χ0) is 17.6. The third kappa shape index (κ3) is 4.61. The first-order chi connectivity index (χ1) is 12.2. The van der Waals surface area contributed by atoms with Crippen LogP contribution in [0.4, 0.5) is 14.7 Å². The van der Waals surface area contributed by atoms with Gasteiger partial charge in [-0.05, 0) is 17.7 Å². The van der Waals surface area contributed by atoms with E-state index in [0.717, 1.165) is 12.1 Å². The number of aromatic nitrogens is 2. The van der Waals surface area contributed by atoms with Crippen molar-refractivity contribution < 1.29 is 23.0 Å². The third-order valence-electron chi connectivity index (χ3n) is 3.70. The minimum atomic E-state index is -0.905. The van der Waals surface area contributed by atoms with E-state index in [2.05, 4.69) is 9.97 Å². The van der Waals surface area contributed by atoms with Gasteiger partial charge in [0.05, 0.1) is 25.5 Å². The van der Waals surface area contributed by atoms with Gasteiger partial charge in [0.15, 0.2) is 11.6 Å². The number of morpholine rings is 1. The smallest absolute Gasteiger partial charge is 0.229 e. The molecule has 2 heterocycles. The van der Waals surface area contributed by atoms with Crippen LogP contribution in [-0.4, -0.2) is 43.4 Å². The van der Waals surface area contributed by atoms with E-state index in [1.807, 2.05) is 4.90 Å². The molecule has 1 aromatic heterocycles. The summed E-state index contributed by atoms with van der Waals surface area (Å²) in [6.45, 7) is 3.01. The Labute approximate surface area is 144 Å². The van der Waals surface area contributed by atoms with Gasteiger partial charge in [0.1, 0.15) is 6.61 Å². The minimum absolute atomic E-state index is 0.0726. The van der Waals surface area contributed by atoms with Crippen molar-refractivity contribution >= 4 is 5.95 Å². The first-order valence-electron chi connectivity index (χ1n) is 7.92. The third-order valence-corrected chi connectivity index (χ3v) is 3.70. The molecule has 25 heavy (non-hydrogen) atoms. The molecule has 0 aliphatic carbocycles. The van der Waals surface area contributed by atoms with Crippen LogP contribution in [0.15, 0.2) is 24.3 Å². The monoisotopic (exact) mass is 351 g/mol. The Morgan fingerprint density at radius 3 is 2.60 bits per heavy atom. The summed E-state index contributed by atoms with van der Waals surface area (Å²) >= 11 is 0. The molecular formula is C17H19F2N3O3. The SMILES string of the molecule is COCc1cc(OCc2ccc(F)c(F)c2)nc(N2CCOCC2)n1. The molecule has 1 saturated heterocycles. The van der Waals surface area contributed by atoms with Gasteiger partial charge >= 0.3 is 0 Å². The Morgan fingerprint density at radius 1 is 1.08 bits per heavy atom. The van der Waals surface area contributed by atoms with Crippen LogP contribution < -0.4 is 9.64 Å². The maximum absolute atomic E-state index is 13.3. The molecule has 1 fully saturated rings. The molecule has 1 aliphatic rings.